The topological polar surface area (TPSA) is 40.5 Å². The molecule has 1 fully saturated rings. The Morgan fingerprint density at radius 3 is 2.75 bits per heavy atom. The molecule has 1 unspecified atom stereocenters. The van der Waals surface area contributed by atoms with E-state index >= 15 is 0 Å². The normalized spacial score (nSPS) is 20.6. The van der Waals surface area contributed by atoms with Gasteiger partial charge in [-0.3, -0.25) is 9.69 Å². The molecule has 1 heterocycles. The Hall–Kier alpha value is -1.19. The SMILES string of the molecule is O=C(CCCN1CCCCCC1CO)c1ccccc1. The van der Waals surface area contributed by atoms with Gasteiger partial charge in [-0.15, -0.1) is 0 Å². The van der Waals surface area contributed by atoms with Crippen LogP contribution in [0.15, 0.2) is 30.3 Å². The summed E-state index contributed by atoms with van der Waals surface area (Å²) in [5, 5.41) is 9.46. The van der Waals surface area contributed by atoms with Crippen molar-refractivity contribution in [3.05, 3.63) is 35.9 Å². The second-order valence-electron chi connectivity index (χ2n) is 5.61. The number of nitrogens with zero attached hydrogens (tertiary/aromatic N) is 1. The van der Waals surface area contributed by atoms with Crippen LogP contribution in [0, 0.1) is 0 Å². The summed E-state index contributed by atoms with van der Waals surface area (Å²) in [7, 11) is 0. The average molecular weight is 275 g/mol. The van der Waals surface area contributed by atoms with Crippen LogP contribution >= 0.6 is 0 Å². The third kappa shape index (κ3) is 4.43. The van der Waals surface area contributed by atoms with Crippen LogP contribution in [0.3, 0.4) is 0 Å². The maximum absolute atomic E-state index is 12.0. The summed E-state index contributed by atoms with van der Waals surface area (Å²) in [5.41, 5.74) is 0.807. The van der Waals surface area contributed by atoms with Crippen LogP contribution in [0.5, 0.6) is 0 Å². The molecule has 20 heavy (non-hydrogen) atoms. The molecule has 0 radical (unpaired) electrons. The molecule has 0 spiro atoms. The zero-order chi connectivity index (χ0) is 14.2. The maximum Gasteiger partial charge on any atom is 0.162 e. The predicted molar refractivity (Wildman–Crippen MR) is 80.9 cm³/mol. The van der Waals surface area contributed by atoms with E-state index in [-0.39, 0.29) is 12.4 Å². The van der Waals surface area contributed by atoms with Crippen molar-refractivity contribution in [1.82, 2.24) is 4.90 Å². The molecule has 1 aromatic rings. The van der Waals surface area contributed by atoms with E-state index in [1.165, 1.54) is 19.3 Å². The summed E-state index contributed by atoms with van der Waals surface area (Å²) in [6.45, 7) is 2.22. The van der Waals surface area contributed by atoms with Crippen LogP contribution in [0.2, 0.25) is 0 Å². The minimum Gasteiger partial charge on any atom is -0.395 e. The number of rotatable bonds is 6. The molecule has 0 saturated carbocycles. The fraction of sp³-hybridized carbons (Fsp3) is 0.588. The lowest BCUT2D eigenvalue weighted by Gasteiger charge is -2.28. The molecule has 1 N–H and O–H groups in total. The number of likely N-dealkylation sites (tertiary alicyclic amines) is 1. The average Bonchev–Trinajstić information content (AvgIpc) is 2.73. The third-order valence-electron chi connectivity index (χ3n) is 4.15. The maximum atomic E-state index is 12.0. The van der Waals surface area contributed by atoms with E-state index in [1.54, 1.807) is 0 Å². The van der Waals surface area contributed by atoms with E-state index < -0.39 is 0 Å². The van der Waals surface area contributed by atoms with Gasteiger partial charge in [0.2, 0.25) is 0 Å². The highest BCUT2D eigenvalue weighted by molar-refractivity contribution is 5.95. The van der Waals surface area contributed by atoms with Gasteiger partial charge in [-0.25, -0.2) is 0 Å². The lowest BCUT2D eigenvalue weighted by molar-refractivity contribution is 0.0955. The first-order valence-corrected chi connectivity index (χ1v) is 7.74. The minimum absolute atomic E-state index is 0.223. The second kappa shape index (κ2) is 8.18. The van der Waals surface area contributed by atoms with Crippen molar-refractivity contribution in [3.63, 3.8) is 0 Å². The lowest BCUT2D eigenvalue weighted by Crippen LogP contribution is -2.38. The molecule has 0 bridgehead atoms. The van der Waals surface area contributed by atoms with Crippen molar-refractivity contribution >= 4 is 5.78 Å². The molecule has 1 aliphatic rings. The molecule has 0 aromatic heterocycles. The van der Waals surface area contributed by atoms with Crippen molar-refractivity contribution < 1.29 is 9.90 Å². The fourth-order valence-electron chi connectivity index (χ4n) is 2.95. The Balaban J connectivity index is 1.78. The van der Waals surface area contributed by atoms with E-state index in [1.807, 2.05) is 30.3 Å². The van der Waals surface area contributed by atoms with Crippen molar-refractivity contribution in [2.75, 3.05) is 19.7 Å². The quantitative estimate of drug-likeness (QED) is 0.812. The Kier molecular flexibility index (Phi) is 6.22. The molecule has 2 rings (SSSR count). The highest BCUT2D eigenvalue weighted by atomic mass is 16.3. The van der Waals surface area contributed by atoms with Gasteiger partial charge in [-0.1, -0.05) is 43.2 Å². The largest absolute Gasteiger partial charge is 0.395 e. The molecule has 110 valence electrons. The number of aliphatic hydroxyl groups excluding tert-OH is 1. The summed E-state index contributed by atoms with van der Waals surface area (Å²) in [5.74, 6) is 0.223. The molecule has 1 aromatic carbocycles. The number of hydrogen-bond donors (Lipinski definition) is 1. The molecule has 0 aliphatic carbocycles. The molecule has 1 atom stereocenters. The Morgan fingerprint density at radius 1 is 1.20 bits per heavy atom. The number of carbonyl (C=O) groups is 1. The number of hydrogen-bond acceptors (Lipinski definition) is 3. The summed E-state index contributed by atoms with van der Waals surface area (Å²) in [6, 6.07) is 9.80. The molecule has 1 saturated heterocycles. The summed E-state index contributed by atoms with van der Waals surface area (Å²) in [4.78, 5) is 14.4. The van der Waals surface area contributed by atoms with Crippen LogP contribution in [-0.2, 0) is 0 Å². The third-order valence-corrected chi connectivity index (χ3v) is 4.15. The Bertz CT molecular complexity index is 405. The first-order valence-electron chi connectivity index (χ1n) is 7.74. The monoisotopic (exact) mass is 275 g/mol. The molecule has 3 heteroatoms. The van der Waals surface area contributed by atoms with Crippen molar-refractivity contribution in [2.24, 2.45) is 0 Å². The summed E-state index contributed by atoms with van der Waals surface area (Å²) >= 11 is 0. The smallest absolute Gasteiger partial charge is 0.162 e. The number of Topliss-reactive ketones (excluding diaryl/α,β-unsaturated/α-hetero) is 1. The number of aliphatic hydroxyl groups is 1. The van der Waals surface area contributed by atoms with E-state index in [0.29, 0.717) is 12.5 Å². The number of benzene rings is 1. The fourth-order valence-corrected chi connectivity index (χ4v) is 2.95. The molecule has 1 aliphatic heterocycles. The first kappa shape index (κ1) is 15.2. The minimum atomic E-state index is 0.223. The van der Waals surface area contributed by atoms with Gasteiger partial charge in [0.15, 0.2) is 5.78 Å². The van der Waals surface area contributed by atoms with Crippen molar-refractivity contribution in [3.8, 4) is 0 Å². The van der Waals surface area contributed by atoms with E-state index in [0.717, 1.165) is 31.5 Å². The highest BCUT2D eigenvalue weighted by Gasteiger charge is 2.19. The van der Waals surface area contributed by atoms with Crippen LogP contribution in [0.25, 0.3) is 0 Å². The number of carbonyl (C=O) groups excluding carboxylic acids is 1. The predicted octanol–water partition coefficient (Wildman–Crippen LogP) is 2.89. The number of ketones is 1. The molecule has 0 amide bonds. The standard InChI is InChI=1S/C17H25NO2/c19-14-16-10-5-2-6-12-18(16)13-7-11-17(20)15-8-3-1-4-9-15/h1,3-4,8-9,16,19H,2,5-7,10-14H2. The van der Waals surface area contributed by atoms with E-state index in [4.69, 9.17) is 0 Å². The van der Waals surface area contributed by atoms with Crippen LogP contribution < -0.4 is 0 Å². The van der Waals surface area contributed by atoms with Crippen LogP contribution in [0.1, 0.15) is 48.9 Å². The van der Waals surface area contributed by atoms with Gasteiger partial charge in [0.05, 0.1) is 6.61 Å². The Morgan fingerprint density at radius 2 is 2.00 bits per heavy atom. The zero-order valence-electron chi connectivity index (χ0n) is 12.1. The van der Waals surface area contributed by atoms with Crippen molar-refractivity contribution in [1.29, 1.82) is 0 Å². The molecule has 3 nitrogen and oxygen atoms in total. The summed E-state index contributed by atoms with van der Waals surface area (Å²) < 4.78 is 0. The van der Waals surface area contributed by atoms with E-state index in [2.05, 4.69) is 4.90 Å². The van der Waals surface area contributed by atoms with Crippen LogP contribution in [-0.4, -0.2) is 41.5 Å². The first-order chi connectivity index (χ1) is 9.81. The lowest BCUT2D eigenvalue weighted by atomic mass is 10.1. The second-order valence-corrected chi connectivity index (χ2v) is 5.61. The van der Waals surface area contributed by atoms with Gasteiger partial charge in [-0.2, -0.15) is 0 Å². The van der Waals surface area contributed by atoms with Gasteiger partial charge in [0.1, 0.15) is 0 Å². The van der Waals surface area contributed by atoms with Gasteiger partial charge < -0.3 is 5.11 Å². The molecular weight excluding hydrogens is 250 g/mol. The van der Waals surface area contributed by atoms with Crippen LogP contribution in [0.4, 0.5) is 0 Å². The molecular formula is C17H25NO2. The highest BCUT2D eigenvalue weighted by Crippen LogP contribution is 2.17. The van der Waals surface area contributed by atoms with Gasteiger partial charge in [0, 0.05) is 18.0 Å². The Labute approximate surface area is 121 Å². The van der Waals surface area contributed by atoms with Gasteiger partial charge in [0.25, 0.3) is 0 Å². The van der Waals surface area contributed by atoms with Gasteiger partial charge in [-0.05, 0) is 32.4 Å². The van der Waals surface area contributed by atoms with Crippen molar-refractivity contribution in [2.45, 2.75) is 44.6 Å². The zero-order valence-corrected chi connectivity index (χ0v) is 12.1. The summed E-state index contributed by atoms with van der Waals surface area (Å²) in [6.07, 6.45) is 6.25. The van der Waals surface area contributed by atoms with Gasteiger partial charge >= 0.3 is 0 Å². The van der Waals surface area contributed by atoms with E-state index in [9.17, 15) is 9.90 Å².